The van der Waals surface area contributed by atoms with Gasteiger partial charge < -0.3 is 30.5 Å². The molecule has 0 radical (unpaired) electrons. The Morgan fingerprint density at radius 1 is 0.850 bits per heavy atom. The molecule has 0 bridgehead atoms. The Kier molecular flexibility index (Phi) is 12.0. The maximum atomic E-state index is 13.5. The number of hydrogen-bond acceptors (Lipinski definition) is 7. The van der Waals surface area contributed by atoms with Crippen molar-refractivity contribution in [3.8, 4) is 5.75 Å². The number of phenolic OH excluding ortho intramolecular Hbond substituents is 1. The molecule has 10 heteroatoms. The Morgan fingerprint density at radius 2 is 1.48 bits per heavy atom. The molecule has 0 spiro atoms. The first-order chi connectivity index (χ1) is 18.8. The van der Waals surface area contributed by atoms with Gasteiger partial charge in [-0.15, -0.1) is 0 Å². The number of amides is 3. The van der Waals surface area contributed by atoms with Crippen molar-refractivity contribution in [3.63, 3.8) is 0 Å². The molecule has 2 aromatic rings. The first kappa shape index (κ1) is 32.1. The number of benzene rings is 2. The van der Waals surface area contributed by atoms with Gasteiger partial charge in [0.2, 0.25) is 11.8 Å². The maximum Gasteiger partial charge on any atom is 0.408 e. The van der Waals surface area contributed by atoms with E-state index >= 15 is 0 Å². The summed E-state index contributed by atoms with van der Waals surface area (Å²) in [7, 11) is 1.22. The van der Waals surface area contributed by atoms with E-state index < -0.39 is 47.6 Å². The summed E-state index contributed by atoms with van der Waals surface area (Å²) in [5.74, 6) is -2.09. The number of nitrogens with one attached hydrogen (secondary N) is 3. The highest BCUT2D eigenvalue weighted by molar-refractivity contribution is 5.93. The summed E-state index contributed by atoms with van der Waals surface area (Å²) in [5.41, 5.74) is 0.652. The smallest absolute Gasteiger partial charge is 0.408 e. The first-order valence-electron chi connectivity index (χ1n) is 13.3. The number of methoxy groups -OCH3 is 1. The van der Waals surface area contributed by atoms with Crippen LogP contribution in [-0.4, -0.2) is 59.8 Å². The fraction of sp³-hybridized carbons (Fsp3) is 0.467. The van der Waals surface area contributed by atoms with Crippen LogP contribution in [0.5, 0.6) is 5.75 Å². The Bertz CT molecular complexity index is 1150. The van der Waals surface area contributed by atoms with Gasteiger partial charge >= 0.3 is 12.1 Å². The van der Waals surface area contributed by atoms with Crippen molar-refractivity contribution in [1.29, 1.82) is 0 Å². The van der Waals surface area contributed by atoms with Crippen molar-refractivity contribution in [2.75, 3.05) is 7.11 Å². The quantitative estimate of drug-likeness (QED) is 0.294. The number of aromatic hydroxyl groups is 1. The third kappa shape index (κ3) is 10.6. The number of esters is 1. The lowest BCUT2D eigenvalue weighted by atomic mass is 9.96. The van der Waals surface area contributed by atoms with Crippen LogP contribution in [0.25, 0.3) is 0 Å². The molecule has 1 unspecified atom stereocenters. The van der Waals surface area contributed by atoms with E-state index in [9.17, 15) is 24.3 Å². The van der Waals surface area contributed by atoms with Crippen molar-refractivity contribution in [2.45, 2.75) is 77.6 Å². The molecule has 0 saturated carbocycles. The van der Waals surface area contributed by atoms with E-state index in [1.54, 1.807) is 39.8 Å². The molecule has 10 nitrogen and oxygen atoms in total. The zero-order valence-corrected chi connectivity index (χ0v) is 24.0. The minimum absolute atomic E-state index is 0.0270. The van der Waals surface area contributed by atoms with Crippen LogP contribution in [0.1, 0.15) is 52.2 Å². The van der Waals surface area contributed by atoms with Crippen molar-refractivity contribution < 1.29 is 33.8 Å². The molecule has 0 aliphatic carbocycles. The van der Waals surface area contributed by atoms with E-state index in [-0.39, 0.29) is 24.5 Å². The molecule has 0 fully saturated rings. The normalized spacial score (nSPS) is 14.2. The topological polar surface area (TPSA) is 143 Å². The monoisotopic (exact) mass is 555 g/mol. The highest BCUT2D eigenvalue weighted by Crippen LogP contribution is 2.15. The Labute approximate surface area is 235 Å². The zero-order valence-electron chi connectivity index (χ0n) is 24.0. The Morgan fingerprint density at radius 3 is 2.05 bits per heavy atom. The number of carbonyl (C=O) groups is 4. The summed E-state index contributed by atoms with van der Waals surface area (Å²) in [6.45, 7) is 8.84. The van der Waals surface area contributed by atoms with Crippen molar-refractivity contribution in [2.24, 2.45) is 5.92 Å². The predicted molar refractivity (Wildman–Crippen MR) is 150 cm³/mol. The van der Waals surface area contributed by atoms with Gasteiger partial charge in [0.15, 0.2) is 0 Å². The van der Waals surface area contributed by atoms with Crippen LogP contribution in [0, 0.1) is 5.92 Å². The fourth-order valence-corrected chi connectivity index (χ4v) is 3.98. The van der Waals surface area contributed by atoms with Gasteiger partial charge in [-0.2, -0.15) is 0 Å². The molecule has 40 heavy (non-hydrogen) atoms. The van der Waals surface area contributed by atoms with Gasteiger partial charge in [-0.3, -0.25) is 9.59 Å². The molecular formula is C30H41N3O7. The summed E-state index contributed by atoms with van der Waals surface area (Å²) >= 11 is 0. The minimum Gasteiger partial charge on any atom is -0.508 e. The third-order valence-corrected chi connectivity index (χ3v) is 6.24. The van der Waals surface area contributed by atoms with Gasteiger partial charge in [-0.1, -0.05) is 62.7 Å². The molecular weight excluding hydrogens is 514 g/mol. The zero-order chi connectivity index (χ0) is 29.9. The van der Waals surface area contributed by atoms with E-state index in [1.807, 2.05) is 37.3 Å². The molecule has 2 rings (SSSR count). The number of hydrogen-bond donors (Lipinski definition) is 4. The van der Waals surface area contributed by atoms with Crippen LogP contribution in [0.15, 0.2) is 54.6 Å². The lowest BCUT2D eigenvalue weighted by molar-refractivity contribution is -0.145. The van der Waals surface area contributed by atoms with E-state index in [1.165, 1.54) is 19.2 Å². The van der Waals surface area contributed by atoms with E-state index in [0.717, 1.165) is 5.56 Å². The number of carbonyl (C=O) groups excluding carboxylic acids is 4. The van der Waals surface area contributed by atoms with Crippen LogP contribution >= 0.6 is 0 Å². The molecule has 4 N–H and O–H groups in total. The summed E-state index contributed by atoms with van der Waals surface area (Å²) in [6.07, 6.45) is 0.0369. The standard InChI is InChI=1S/C30H41N3O7/c1-7-19(2)25(27(36)31-24(28(37)39-6)18-21-14-11-15-22(34)16-21)33-26(35)23(17-20-12-9-8-10-13-20)32-29(38)40-30(3,4)5/h8-16,19,23-25,34H,7,17-18H2,1-6H3,(H,31,36)(H,32,38)(H,33,35)/t19?,23-,24-,25-/m0/s1. The van der Waals surface area contributed by atoms with Crippen LogP contribution in [-0.2, 0) is 36.7 Å². The number of alkyl carbamates (subject to hydrolysis) is 1. The largest absolute Gasteiger partial charge is 0.508 e. The second kappa shape index (κ2) is 14.9. The molecule has 0 aliphatic heterocycles. The molecule has 2 aromatic carbocycles. The van der Waals surface area contributed by atoms with Gasteiger partial charge in [0.1, 0.15) is 29.5 Å². The molecule has 0 aromatic heterocycles. The second-order valence-electron chi connectivity index (χ2n) is 10.7. The second-order valence-corrected chi connectivity index (χ2v) is 10.7. The predicted octanol–water partition coefficient (Wildman–Crippen LogP) is 3.26. The van der Waals surface area contributed by atoms with Crippen LogP contribution in [0.3, 0.4) is 0 Å². The molecule has 218 valence electrons. The van der Waals surface area contributed by atoms with Gasteiger partial charge in [0.25, 0.3) is 0 Å². The van der Waals surface area contributed by atoms with Crippen LogP contribution in [0.4, 0.5) is 4.79 Å². The highest BCUT2D eigenvalue weighted by atomic mass is 16.6. The third-order valence-electron chi connectivity index (χ3n) is 6.24. The molecule has 4 atom stereocenters. The number of phenols is 1. The summed E-state index contributed by atoms with van der Waals surface area (Å²) in [4.78, 5) is 52.1. The minimum atomic E-state index is -1.05. The maximum absolute atomic E-state index is 13.5. The average molecular weight is 556 g/mol. The van der Waals surface area contributed by atoms with Gasteiger partial charge in [0, 0.05) is 12.8 Å². The fourth-order valence-electron chi connectivity index (χ4n) is 3.98. The van der Waals surface area contributed by atoms with E-state index in [2.05, 4.69) is 16.0 Å². The van der Waals surface area contributed by atoms with Gasteiger partial charge in [-0.05, 0) is 49.9 Å². The lowest BCUT2D eigenvalue weighted by Crippen LogP contribution is -2.58. The Hall–Kier alpha value is -4.08. The lowest BCUT2D eigenvalue weighted by Gasteiger charge is -2.28. The highest BCUT2D eigenvalue weighted by Gasteiger charge is 2.33. The molecule has 0 saturated heterocycles. The molecule has 3 amide bonds. The SMILES string of the molecule is CCC(C)[C@H](NC(=O)[C@H](Cc1ccccc1)NC(=O)OC(C)(C)C)C(=O)N[C@@H](Cc1cccc(O)c1)C(=O)OC. The van der Waals surface area contributed by atoms with Gasteiger partial charge in [-0.25, -0.2) is 9.59 Å². The number of ether oxygens (including phenoxy) is 2. The average Bonchev–Trinajstić information content (AvgIpc) is 2.89. The summed E-state index contributed by atoms with van der Waals surface area (Å²) in [6, 6.07) is 12.4. The van der Waals surface area contributed by atoms with Crippen molar-refractivity contribution in [3.05, 3.63) is 65.7 Å². The van der Waals surface area contributed by atoms with Crippen molar-refractivity contribution >= 4 is 23.9 Å². The summed E-state index contributed by atoms with van der Waals surface area (Å²) < 4.78 is 10.2. The molecule has 0 heterocycles. The Balaban J connectivity index is 2.26. The first-order valence-corrected chi connectivity index (χ1v) is 13.3. The summed E-state index contributed by atoms with van der Waals surface area (Å²) in [5, 5.41) is 17.9. The number of rotatable bonds is 12. The van der Waals surface area contributed by atoms with Gasteiger partial charge in [0.05, 0.1) is 7.11 Å². The van der Waals surface area contributed by atoms with Crippen LogP contribution < -0.4 is 16.0 Å². The van der Waals surface area contributed by atoms with Crippen molar-refractivity contribution in [1.82, 2.24) is 16.0 Å². The van der Waals surface area contributed by atoms with Crippen LogP contribution in [0.2, 0.25) is 0 Å². The molecule has 0 aliphatic rings. The van der Waals surface area contributed by atoms with E-state index in [0.29, 0.717) is 12.0 Å². The van der Waals surface area contributed by atoms with E-state index in [4.69, 9.17) is 9.47 Å².